The summed E-state index contributed by atoms with van der Waals surface area (Å²) in [6.07, 6.45) is 1.07. The Hall–Kier alpha value is -2.70. The lowest BCUT2D eigenvalue weighted by atomic mass is 10.2. The second-order valence-corrected chi connectivity index (χ2v) is 7.61. The smallest absolute Gasteiger partial charge is 0.145 e. The summed E-state index contributed by atoms with van der Waals surface area (Å²) in [5, 5.41) is 4.57. The highest BCUT2D eigenvalue weighted by Gasteiger charge is 2.10. The highest BCUT2D eigenvalue weighted by molar-refractivity contribution is 5.88. The Bertz CT molecular complexity index is 928. The molecule has 0 aliphatic rings. The van der Waals surface area contributed by atoms with Crippen LogP contribution in [0.1, 0.15) is 17.8 Å². The van der Waals surface area contributed by atoms with Crippen molar-refractivity contribution in [1.82, 2.24) is 19.8 Å². The number of nitrogens with zero attached hydrogens (tertiary/aromatic N) is 4. The van der Waals surface area contributed by atoms with E-state index in [4.69, 9.17) is 14.7 Å². The maximum Gasteiger partial charge on any atom is 0.145 e. The van der Waals surface area contributed by atoms with Crippen molar-refractivity contribution in [1.29, 1.82) is 0 Å². The molecule has 0 aliphatic carbocycles. The van der Waals surface area contributed by atoms with Gasteiger partial charge in [0.15, 0.2) is 0 Å². The number of hydrogen-bond acceptors (Lipinski definition) is 6. The number of hydrogen-bond donors (Lipinski definition) is 1. The van der Waals surface area contributed by atoms with Crippen molar-refractivity contribution in [3.8, 4) is 5.75 Å². The molecule has 1 heterocycles. The second-order valence-electron chi connectivity index (χ2n) is 7.61. The molecule has 29 heavy (non-hydrogen) atoms. The maximum atomic E-state index is 5.33. The van der Waals surface area contributed by atoms with Crippen LogP contribution < -0.4 is 10.1 Å². The normalized spacial score (nSPS) is 11.4. The largest absolute Gasteiger partial charge is 0.497 e. The van der Waals surface area contributed by atoms with Gasteiger partial charge in [-0.3, -0.25) is 4.90 Å². The monoisotopic (exact) mass is 393 g/mol. The van der Waals surface area contributed by atoms with Gasteiger partial charge in [0, 0.05) is 18.5 Å². The molecule has 0 unspecified atom stereocenters. The van der Waals surface area contributed by atoms with Gasteiger partial charge < -0.3 is 15.0 Å². The third-order valence-electron chi connectivity index (χ3n) is 4.72. The van der Waals surface area contributed by atoms with Crippen LogP contribution in [0.25, 0.3) is 10.9 Å². The lowest BCUT2D eigenvalue weighted by molar-refractivity contribution is 0.310. The van der Waals surface area contributed by atoms with E-state index in [9.17, 15) is 0 Å². The summed E-state index contributed by atoms with van der Waals surface area (Å²) in [7, 11) is 7.97. The van der Waals surface area contributed by atoms with E-state index in [2.05, 4.69) is 54.5 Å². The molecule has 1 aromatic heterocycles. The molecule has 154 valence electrons. The van der Waals surface area contributed by atoms with Gasteiger partial charge in [-0.15, -0.1) is 0 Å². The Balaban J connectivity index is 1.72. The Morgan fingerprint density at radius 1 is 0.966 bits per heavy atom. The van der Waals surface area contributed by atoms with Crippen LogP contribution in [-0.4, -0.2) is 61.1 Å². The van der Waals surface area contributed by atoms with E-state index in [1.807, 2.05) is 30.3 Å². The van der Waals surface area contributed by atoms with E-state index in [1.54, 1.807) is 7.11 Å². The molecule has 6 nitrogen and oxygen atoms in total. The summed E-state index contributed by atoms with van der Waals surface area (Å²) in [4.78, 5) is 14.0. The minimum atomic E-state index is 0.675. The Labute approximate surface area is 173 Å². The van der Waals surface area contributed by atoms with Crippen LogP contribution in [0.5, 0.6) is 5.75 Å². The number of fused-ring (bicyclic) bond motifs is 1. The van der Waals surface area contributed by atoms with Crippen LogP contribution >= 0.6 is 0 Å². The van der Waals surface area contributed by atoms with Crippen molar-refractivity contribution < 1.29 is 4.74 Å². The molecule has 3 rings (SSSR count). The quantitative estimate of drug-likeness (QED) is 0.531. The minimum Gasteiger partial charge on any atom is -0.497 e. The molecular formula is C23H31N5O. The van der Waals surface area contributed by atoms with Crippen LogP contribution in [0.15, 0.2) is 48.5 Å². The molecule has 0 radical (unpaired) electrons. The lowest BCUT2D eigenvalue weighted by Crippen LogP contribution is -2.20. The molecule has 0 spiro atoms. The number of anilines is 1. The van der Waals surface area contributed by atoms with E-state index in [0.717, 1.165) is 54.3 Å². The van der Waals surface area contributed by atoms with Gasteiger partial charge in [0.05, 0.1) is 19.2 Å². The van der Waals surface area contributed by atoms with E-state index >= 15 is 0 Å². The minimum absolute atomic E-state index is 0.675. The van der Waals surface area contributed by atoms with Crippen LogP contribution in [0.4, 0.5) is 5.82 Å². The topological polar surface area (TPSA) is 53.5 Å². The van der Waals surface area contributed by atoms with E-state index in [-0.39, 0.29) is 0 Å². The van der Waals surface area contributed by atoms with Crippen molar-refractivity contribution in [2.24, 2.45) is 0 Å². The van der Waals surface area contributed by atoms with Gasteiger partial charge in [0.25, 0.3) is 0 Å². The first-order chi connectivity index (χ1) is 14.0. The second kappa shape index (κ2) is 10.2. The number of benzene rings is 2. The number of aromatic nitrogens is 2. The lowest BCUT2D eigenvalue weighted by Gasteiger charge is -2.18. The van der Waals surface area contributed by atoms with E-state index < -0.39 is 0 Å². The van der Waals surface area contributed by atoms with Gasteiger partial charge in [-0.25, -0.2) is 9.97 Å². The van der Waals surface area contributed by atoms with Gasteiger partial charge in [-0.05, 0) is 63.9 Å². The Morgan fingerprint density at radius 2 is 1.79 bits per heavy atom. The molecule has 6 heteroatoms. The van der Waals surface area contributed by atoms with E-state index in [0.29, 0.717) is 6.54 Å². The van der Waals surface area contributed by atoms with Crippen molar-refractivity contribution in [2.45, 2.75) is 19.5 Å². The molecule has 0 saturated carbocycles. The Morgan fingerprint density at radius 3 is 2.59 bits per heavy atom. The van der Waals surface area contributed by atoms with Gasteiger partial charge in [0.2, 0.25) is 0 Å². The summed E-state index contributed by atoms with van der Waals surface area (Å²) < 4.78 is 5.33. The molecule has 2 aromatic carbocycles. The molecule has 1 N–H and O–H groups in total. The molecule has 3 aromatic rings. The first-order valence-corrected chi connectivity index (χ1v) is 10.0. The van der Waals surface area contributed by atoms with Gasteiger partial charge in [-0.1, -0.05) is 24.3 Å². The highest BCUT2D eigenvalue weighted by Crippen LogP contribution is 2.21. The van der Waals surface area contributed by atoms with Crippen molar-refractivity contribution in [3.05, 3.63) is 59.9 Å². The highest BCUT2D eigenvalue weighted by atomic mass is 16.5. The maximum absolute atomic E-state index is 5.33. The van der Waals surface area contributed by atoms with E-state index in [1.165, 1.54) is 5.56 Å². The zero-order chi connectivity index (χ0) is 20.6. The summed E-state index contributed by atoms with van der Waals surface area (Å²) in [6.45, 7) is 3.41. The van der Waals surface area contributed by atoms with Crippen molar-refractivity contribution in [2.75, 3.05) is 46.7 Å². The predicted molar refractivity (Wildman–Crippen MR) is 119 cm³/mol. The standard InChI is InChI=1S/C23H31N5O/c1-27(2)14-8-13-24-23-20-11-5-6-12-21(20)25-22(26-23)17-28(3)16-18-9-7-10-19(15-18)29-4/h5-7,9-12,15H,8,13-14,16-17H2,1-4H3,(H,24,25,26). The van der Waals surface area contributed by atoms with Crippen molar-refractivity contribution >= 4 is 16.7 Å². The first kappa shape index (κ1) is 21.0. The predicted octanol–water partition coefficient (Wildman–Crippen LogP) is 3.63. The molecule has 0 aliphatic heterocycles. The number of ether oxygens (including phenoxy) is 1. The van der Waals surface area contributed by atoms with Gasteiger partial charge in [-0.2, -0.15) is 0 Å². The number of rotatable bonds is 10. The van der Waals surface area contributed by atoms with Crippen LogP contribution in [0, 0.1) is 0 Å². The first-order valence-electron chi connectivity index (χ1n) is 10.0. The molecule has 0 fully saturated rings. The van der Waals surface area contributed by atoms with Gasteiger partial charge in [0.1, 0.15) is 17.4 Å². The number of para-hydroxylation sites is 1. The summed E-state index contributed by atoms with van der Waals surface area (Å²) in [5.74, 6) is 2.62. The third kappa shape index (κ3) is 6.14. The summed E-state index contributed by atoms with van der Waals surface area (Å²) in [5.41, 5.74) is 2.18. The summed E-state index contributed by atoms with van der Waals surface area (Å²) in [6, 6.07) is 16.3. The average molecular weight is 394 g/mol. The third-order valence-corrected chi connectivity index (χ3v) is 4.72. The van der Waals surface area contributed by atoms with Crippen molar-refractivity contribution in [3.63, 3.8) is 0 Å². The number of methoxy groups -OCH3 is 1. The fraction of sp³-hybridized carbons (Fsp3) is 0.391. The average Bonchev–Trinajstić information content (AvgIpc) is 2.71. The number of nitrogens with one attached hydrogen (secondary N) is 1. The fourth-order valence-corrected chi connectivity index (χ4v) is 3.31. The molecule has 0 bridgehead atoms. The molecule has 0 saturated heterocycles. The van der Waals surface area contributed by atoms with Crippen LogP contribution in [0.3, 0.4) is 0 Å². The zero-order valence-electron chi connectivity index (χ0n) is 17.9. The van der Waals surface area contributed by atoms with Gasteiger partial charge >= 0.3 is 0 Å². The summed E-state index contributed by atoms with van der Waals surface area (Å²) >= 11 is 0. The molecular weight excluding hydrogens is 362 g/mol. The van der Waals surface area contributed by atoms with Crippen LogP contribution in [0.2, 0.25) is 0 Å². The van der Waals surface area contributed by atoms with Crippen LogP contribution in [-0.2, 0) is 13.1 Å². The SMILES string of the molecule is COc1cccc(CN(C)Cc2nc(NCCCN(C)C)c3ccccc3n2)c1. The molecule has 0 atom stereocenters. The Kier molecular flexibility index (Phi) is 7.38. The molecule has 0 amide bonds. The fourth-order valence-electron chi connectivity index (χ4n) is 3.31. The zero-order valence-corrected chi connectivity index (χ0v) is 17.9.